The zero-order valence-electron chi connectivity index (χ0n) is 9.47. The highest BCUT2D eigenvalue weighted by Crippen LogP contribution is 2.13. The Morgan fingerprint density at radius 3 is 2.94 bits per heavy atom. The molecule has 0 aliphatic carbocycles. The summed E-state index contributed by atoms with van der Waals surface area (Å²) in [4.78, 5) is 13.9. The van der Waals surface area contributed by atoms with Crippen molar-refractivity contribution in [3.63, 3.8) is 0 Å². The second-order valence-electron chi connectivity index (χ2n) is 3.99. The maximum absolute atomic E-state index is 12.1. The summed E-state index contributed by atoms with van der Waals surface area (Å²) in [5, 5.41) is 3.34. The number of nitrogens with one attached hydrogen (secondary N) is 1. The van der Waals surface area contributed by atoms with E-state index in [0.717, 1.165) is 13.1 Å². The first-order valence-corrected chi connectivity index (χ1v) is 5.26. The number of hydrogen-bond acceptors (Lipinski definition) is 3. The maximum Gasteiger partial charge on any atom is 0.257 e. The van der Waals surface area contributed by atoms with Crippen molar-refractivity contribution in [3.8, 4) is 0 Å². The van der Waals surface area contributed by atoms with Gasteiger partial charge in [0.15, 0.2) is 0 Å². The summed E-state index contributed by atoms with van der Waals surface area (Å²) in [6.07, 6.45) is 3.03. The number of carbonyl (C=O) groups is 1. The lowest BCUT2D eigenvalue weighted by Gasteiger charge is -2.38. The first-order chi connectivity index (χ1) is 7.20. The van der Waals surface area contributed by atoms with Crippen LogP contribution < -0.4 is 5.32 Å². The second-order valence-corrected chi connectivity index (χ2v) is 3.99. The number of nitrogens with zero attached hydrogens (tertiary/aromatic N) is 1. The van der Waals surface area contributed by atoms with E-state index in [1.54, 1.807) is 6.07 Å². The Morgan fingerprint density at radius 2 is 2.31 bits per heavy atom. The molecule has 1 aromatic heterocycles. The quantitative estimate of drug-likeness (QED) is 0.815. The van der Waals surface area contributed by atoms with Gasteiger partial charge in [0, 0.05) is 25.2 Å². The van der Waals surface area contributed by atoms with Crippen molar-refractivity contribution in [3.05, 3.63) is 24.2 Å². The maximum atomic E-state index is 12.1. The molecule has 2 rings (SSSR count). The number of amides is 1. The van der Waals surface area contributed by atoms with Crippen LogP contribution in [0.25, 0.3) is 0 Å². The van der Waals surface area contributed by atoms with Gasteiger partial charge in [-0.15, -0.1) is 12.4 Å². The van der Waals surface area contributed by atoms with Crippen molar-refractivity contribution in [2.45, 2.75) is 25.9 Å². The van der Waals surface area contributed by atoms with E-state index in [2.05, 4.69) is 19.2 Å². The Hall–Kier alpha value is -1.00. The van der Waals surface area contributed by atoms with Crippen molar-refractivity contribution in [2.75, 3.05) is 13.1 Å². The van der Waals surface area contributed by atoms with E-state index in [9.17, 15) is 4.79 Å². The van der Waals surface area contributed by atoms with Gasteiger partial charge in [0.05, 0.1) is 11.8 Å². The Labute approximate surface area is 101 Å². The highest BCUT2D eigenvalue weighted by molar-refractivity contribution is 5.94. The summed E-state index contributed by atoms with van der Waals surface area (Å²) in [6, 6.07) is 2.28. The molecule has 1 aliphatic rings. The lowest BCUT2D eigenvalue weighted by Crippen LogP contribution is -2.57. The van der Waals surface area contributed by atoms with Gasteiger partial charge in [0.1, 0.15) is 6.26 Å². The fourth-order valence-electron chi connectivity index (χ4n) is 1.90. The number of rotatable bonds is 1. The zero-order chi connectivity index (χ0) is 10.8. The van der Waals surface area contributed by atoms with Crippen LogP contribution in [0.4, 0.5) is 0 Å². The molecular formula is C11H17ClN2O2. The summed E-state index contributed by atoms with van der Waals surface area (Å²) in [5.74, 6) is 0.0598. The van der Waals surface area contributed by atoms with Gasteiger partial charge in [0.2, 0.25) is 0 Å². The summed E-state index contributed by atoms with van der Waals surface area (Å²) >= 11 is 0. The minimum Gasteiger partial charge on any atom is -0.472 e. The van der Waals surface area contributed by atoms with E-state index < -0.39 is 0 Å². The average Bonchev–Trinajstić information content (AvgIpc) is 2.74. The molecule has 1 saturated heterocycles. The van der Waals surface area contributed by atoms with Gasteiger partial charge in [0.25, 0.3) is 5.91 Å². The Kier molecular flexibility index (Phi) is 4.38. The smallest absolute Gasteiger partial charge is 0.257 e. The van der Waals surface area contributed by atoms with Gasteiger partial charge >= 0.3 is 0 Å². The van der Waals surface area contributed by atoms with Crippen molar-refractivity contribution in [1.29, 1.82) is 0 Å². The third-order valence-corrected chi connectivity index (χ3v) is 3.06. The highest BCUT2D eigenvalue weighted by Gasteiger charge is 2.28. The normalized spacial score (nSPS) is 25.0. The molecule has 1 N–H and O–H groups in total. The van der Waals surface area contributed by atoms with E-state index in [4.69, 9.17) is 4.42 Å². The van der Waals surface area contributed by atoms with E-state index in [1.807, 2.05) is 4.90 Å². The summed E-state index contributed by atoms with van der Waals surface area (Å²) in [5.41, 5.74) is 0.635. The molecule has 1 aliphatic heterocycles. The van der Waals surface area contributed by atoms with Crippen LogP contribution in [-0.2, 0) is 0 Å². The van der Waals surface area contributed by atoms with Crippen molar-refractivity contribution < 1.29 is 9.21 Å². The van der Waals surface area contributed by atoms with E-state index >= 15 is 0 Å². The molecule has 0 radical (unpaired) electrons. The van der Waals surface area contributed by atoms with Crippen LogP contribution in [0.5, 0.6) is 0 Å². The molecule has 16 heavy (non-hydrogen) atoms. The predicted octanol–water partition coefficient (Wildman–Crippen LogP) is 1.52. The number of furan rings is 1. The van der Waals surface area contributed by atoms with Crippen molar-refractivity contribution in [2.24, 2.45) is 0 Å². The fourth-order valence-corrected chi connectivity index (χ4v) is 1.90. The minimum atomic E-state index is 0. The molecule has 1 fully saturated rings. The Morgan fingerprint density at radius 1 is 1.56 bits per heavy atom. The summed E-state index contributed by atoms with van der Waals surface area (Å²) < 4.78 is 4.93. The summed E-state index contributed by atoms with van der Waals surface area (Å²) in [7, 11) is 0. The monoisotopic (exact) mass is 244 g/mol. The highest BCUT2D eigenvalue weighted by atomic mass is 35.5. The molecule has 0 spiro atoms. The van der Waals surface area contributed by atoms with Crippen LogP contribution in [0, 0.1) is 0 Å². The molecule has 90 valence electrons. The van der Waals surface area contributed by atoms with Gasteiger partial charge in [-0.2, -0.15) is 0 Å². The third-order valence-electron chi connectivity index (χ3n) is 3.06. The molecule has 4 nitrogen and oxygen atoms in total. The molecule has 2 atom stereocenters. The van der Waals surface area contributed by atoms with E-state index in [1.165, 1.54) is 12.5 Å². The molecule has 1 aromatic rings. The van der Waals surface area contributed by atoms with E-state index in [-0.39, 0.29) is 24.4 Å². The third kappa shape index (κ3) is 2.39. The molecule has 0 bridgehead atoms. The molecule has 0 saturated carbocycles. The number of hydrogen-bond donors (Lipinski definition) is 1. The largest absolute Gasteiger partial charge is 0.472 e. The van der Waals surface area contributed by atoms with Crippen LogP contribution in [0.2, 0.25) is 0 Å². The van der Waals surface area contributed by atoms with Crippen LogP contribution in [0.1, 0.15) is 24.2 Å². The van der Waals surface area contributed by atoms with Gasteiger partial charge in [-0.25, -0.2) is 0 Å². The van der Waals surface area contributed by atoms with Crippen LogP contribution >= 0.6 is 12.4 Å². The van der Waals surface area contributed by atoms with Crippen LogP contribution in [-0.4, -0.2) is 36.0 Å². The predicted molar refractivity (Wildman–Crippen MR) is 63.9 cm³/mol. The molecule has 2 unspecified atom stereocenters. The molecule has 0 aromatic carbocycles. The number of carbonyl (C=O) groups excluding carboxylic acids is 1. The summed E-state index contributed by atoms with van der Waals surface area (Å²) in [6.45, 7) is 5.78. The Balaban J connectivity index is 0.00000128. The number of piperazine rings is 1. The second kappa shape index (κ2) is 5.37. The van der Waals surface area contributed by atoms with Gasteiger partial charge < -0.3 is 14.6 Å². The Bertz CT molecular complexity index is 340. The molecular weight excluding hydrogens is 228 g/mol. The van der Waals surface area contributed by atoms with Gasteiger partial charge in [-0.05, 0) is 19.9 Å². The molecule has 1 amide bonds. The zero-order valence-corrected chi connectivity index (χ0v) is 10.3. The average molecular weight is 245 g/mol. The van der Waals surface area contributed by atoms with Gasteiger partial charge in [-0.3, -0.25) is 4.79 Å². The molecule has 2 heterocycles. The fraction of sp³-hybridized carbons (Fsp3) is 0.545. The number of halogens is 1. The molecule has 5 heteroatoms. The van der Waals surface area contributed by atoms with E-state index in [0.29, 0.717) is 11.6 Å². The standard InChI is InChI=1S/C11H16N2O2.ClH/c1-8-9(2)13(5-4-12-8)11(14)10-3-6-15-7-10;/h3,6-9,12H,4-5H2,1-2H3;1H. The topological polar surface area (TPSA) is 45.5 Å². The first-order valence-electron chi connectivity index (χ1n) is 5.26. The minimum absolute atomic E-state index is 0. The van der Waals surface area contributed by atoms with Crippen molar-refractivity contribution >= 4 is 18.3 Å². The SMILES string of the molecule is CC1NCCN(C(=O)c2ccoc2)C1C.Cl. The lowest BCUT2D eigenvalue weighted by molar-refractivity contribution is 0.0602. The lowest BCUT2D eigenvalue weighted by atomic mass is 10.1. The van der Waals surface area contributed by atoms with Crippen LogP contribution in [0.15, 0.2) is 23.0 Å². The first kappa shape index (κ1) is 13.1. The van der Waals surface area contributed by atoms with Crippen molar-refractivity contribution in [1.82, 2.24) is 10.2 Å². The van der Waals surface area contributed by atoms with Gasteiger partial charge in [-0.1, -0.05) is 0 Å². The van der Waals surface area contributed by atoms with Crippen LogP contribution in [0.3, 0.4) is 0 Å².